The van der Waals surface area contributed by atoms with Gasteiger partial charge in [0.15, 0.2) is 0 Å². The van der Waals surface area contributed by atoms with Crippen molar-refractivity contribution in [1.82, 2.24) is 14.9 Å². The van der Waals surface area contributed by atoms with Gasteiger partial charge in [0.25, 0.3) is 0 Å². The maximum absolute atomic E-state index is 5.55. The Balaban J connectivity index is 1.68. The molecule has 0 bridgehead atoms. The first-order valence-corrected chi connectivity index (χ1v) is 5.22. The van der Waals surface area contributed by atoms with Gasteiger partial charge in [-0.2, -0.15) is 0 Å². The summed E-state index contributed by atoms with van der Waals surface area (Å²) >= 11 is 0. The van der Waals surface area contributed by atoms with Gasteiger partial charge in [0.1, 0.15) is 12.4 Å². The Kier molecular flexibility index (Phi) is 3.71. The number of hydrogen-bond acceptors (Lipinski definition) is 4. The lowest BCUT2D eigenvalue weighted by Crippen LogP contribution is -2.41. The van der Waals surface area contributed by atoms with Crippen LogP contribution in [0.15, 0.2) is 12.4 Å². The molecule has 1 N–H and O–H groups in total. The zero-order chi connectivity index (χ0) is 10.5. The van der Waals surface area contributed by atoms with Crippen LogP contribution in [-0.2, 0) is 23.1 Å². The van der Waals surface area contributed by atoms with Gasteiger partial charge < -0.3 is 19.4 Å². The molecule has 5 nitrogen and oxygen atoms in total. The lowest BCUT2D eigenvalue weighted by atomic mass is 10.3. The van der Waals surface area contributed by atoms with Crippen molar-refractivity contribution in [2.24, 2.45) is 7.05 Å². The lowest BCUT2D eigenvalue weighted by Gasteiger charge is -2.23. The number of hydrogen-bond donors (Lipinski definition) is 1. The minimum atomic E-state index is 0.180. The van der Waals surface area contributed by atoms with Crippen LogP contribution in [0.2, 0.25) is 0 Å². The van der Waals surface area contributed by atoms with E-state index in [2.05, 4.69) is 10.3 Å². The third kappa shape index (κ3) is 3.02. The highest BCUT2D eigenvalue weighted by Crippen LogP contribution is 2.01. The molecule has 2 rings (SSSR count). The van der Waals surface area contributed by atoms with Crippen molar-refractivity contribution in [3.8, 4) is 0 Å². The first-order valence-electron chi connectivity index (χ1n) is 5.22. The van der Waals surface area contributed by atoms with Gasteiger partial charge in [-0.25, -0.2) is 4.98 Å². The minimum absolute atomic E-state index is 0.180. The Morgan fingerprint density at radius 2 is 2.67 bits per heavy atom. The average molecular weight is 211 g/mol. The maximum Gasteiger partial charge on any atom is 0.134 e. The number of ether oxygens (including phenoxy) is 2. The molecule has 5 heteroatoms. The Morgan fingerprint density at radius 3 is 3.33 bits per heavy atom. The molecule has 84 valence electrons. The third-order valence-corrected chi connectivity index (χ3v) is 2.46. The minimum Gasteiger partial charge on any atom is -0.373 e. The monoisotopic (exact) mass is 211 g/mol. The topological polar surface area (TPSA) is 48.3 Å². The van der Waals surface area contributed by atoms with Crippen LogP contribution in [0.5, 0.6) is 0 Å². The number of aromatic nitrogens is 2. The first kappa shape index (κ1) is 10.6. The number of morpholine rings is 1. The summed E-state index contributed by atoms with van der Waals surface area (Å²) in [4.78, 5) is 4.18. The molecular weight excluding hydrogens is 194 g/mol. The van der Waals surface area contributed by atoms with Crippen molar-refractivity contribution in [3.05, 3.63) is 18.2 Å². The van der Waals surface area contributed by atoms with Gasteiger partial charge in [-0.15, -0.1) is 0 Å². The number of nitrogens with zero attached hydrogens (tertiary/aromatic N) is 2. The first-order chi connectivity index (χ1) is 7.36. The van der Waals surface area contributed by atoms with Crippen LogP contribution in [0, 0.1) is 0 Å². The van der Waals surface area contributed by atoms with Crippen molar-refractivity contribution in [2.75, 3.05) is 26.3 Å². The van der Waals surface area contributed by atoms with Crippen molar-refractivity contribution in [3.63, 3.8) is 0 Å². The van der Waals surface area contributed by atoms with Crippen molar-refractivity contribution in [1.29, 1.82) is 0 Å². The highest BCUT2D eigenvalue weighted by atomic mass is 16.5. The Bertz CT molecular complexity index is 295. The molecular formula is C10H17N3O2. The Morgan fingerprint density at radius 1 is 1.73 bits per heavy atom. The van der Waals surface area contributed by atoms with Gasteiger partial charge in [0.2, 0.25) is 0 Å². The maximum atomic E-state index is 5.55. The fourth-order valence-electron chi connectivity index (χ4n) is 1.54. The standard InChI is InChI=1S/C10H17N3O2/c1-13-4-2-12-10(13)8-14-7-9-6-11-3-5-15-9/h2,4,9,11H,3,5-8H2,1H3. The molecule has 1 atom stereocenters. The number of aryl methyl sites for hydroxylation is 1. The molecule has 0 aliphatic carbocycles. The molecule has 0 amide bonds. The second kappa shape index (κ2) is 5.25. The molecule has 0 spiro atoms. The van der Waals surface area contributed by atoms with Crippen LogP contribution in [0.4, 0.5) is 0 Å². The van der Waals surface area contributed by atoms with Gasteiger partial charge in [-0.1, -0.05) is 0 Å². The number of imidazole rings is 1. The lowest BCUT2D eigenvalue weighted by molar-refractivity contribution is -0.0372. The highest BCUT2D eigenvalue weighted by molar-refractivity contribution is 4.88. The van der Waals surface area contributed by atoms with Gasteiger partial charge in [-0.05, 0) is 0 Å². The Labute approximate surface area is 89.4 Å². The summed E-state index contributed by atoms with van der Waals surface area (Å²) in [7, 11) is 1.96. The van der Waals surface area contributed by atoms with Gasteiger partial charge in [0, 0.05) is 32.5 Å². The molecule has 1 saturated heterocycles. The van der Waals surface area contributed by atoms with Crippen LogP contribution < -0.4 is 5.32 Å². The number of rotatable bonds is 4. The van der Waals surface area contributed by atoms with E-state index in [9.17, 15) is 0 Å². The predicted octanol–water partition coefficient (Wildman–Crippen LogP) is -0.0749. The summed E-state index contributed by atoms with van der Waals surface area (Å²) in [6.45, 7) is 3.76. The summed E-state index contributed by atoms with van der Waals surface area (Å²) in [6, 6.07) is 0. The quantitative estimate of drug-likeness (QED) is 0.757. The zero-order valence-corrected chi connectivity index (χ0v) is 8.98. The molecule has 1 aliphatic rings. The molecule has 15 heavy (non-hydrogen) atoms. The molecule has 1 aromatic rings. The fraction of sp³-hybridized carbons (Fsp3) is 0.700. The summed E-state index contributed by atoms with van der Waals surface area (Å²) in [5.41, 5.74) is 0. The molecule has 0 aromatic carbocycles. The van der Waals surface area contributed by atoms with Gasteiger partial charge in [-0.3, -0.25) is 0 Å². The van der Waals surface area contributed by atoms with Gasteiger partial charge in [0.05, 0.1) is 19.3 Å². The van der Waals surface area contributed by atoms with E-state index >= 15 is 0 Å². The van der Waals surface area contributed by atoms with E-state index in [0.717, 1.165) is 25.5 Å². The smallest absolute Gasteiger partial charge is 0.134 e. The van der Waals surface area contributed by atoms with Crippen LogP contribution in [0.25, 0.3) is 0 Å². The summed E-state index contributed by atoms with van der Waals surface area (Å²) < 4.78 is 13.0. The molecule has 1 unspecified atom stereocenters. The van der Waals surface area contributed by atoms with Crippen molar-refractivity contribution in [2.45, 2.75) is 12.7 Å². The summed E-state index contributed by atoms with van der Waals surface area (Å²) in [5.74, 6) is 0.943. The zero-order valence-electron chi connectivity index (χ0n) is 8.98. The van der Waals surface area contributed by atoms with Crippen LogP contribution in [0.1, 0.15) is 5.82 Å². The second-order valence-corrected chi connectivity index (χ2v) is 3.67. The van der Waals surface area contributed by atoms with Crippen LogP contribution in [0.3, 0.4) is 0 Å². The fourth-order valence-corrected chi connectivity index (χ4v) is 1.54. The van der Waals surface area contributed by atoms with E-state index in [1.54, 1.807) is 6.20 Å². The third-order valence-electron chi connectivity index (χ3n) is 2.46. The van der Waals surface area contributed by atoms with E-state index in [-0.39, 0.29) is 6.10 Å². The van der Waals surface area contributed by atoms with Crippen LogP contribution >= 0.6 is 0 Å². The van der Waals surface area contributed by atoms with Crippen molar-refractivity contribution < 1.29 is 9.47 Å². The molecule has 1 aliphatic heterocycles. The summed E-state index contributed by atoms with van der Waals surface area (Å²) in [6.07, 6.45) is 3.87. The molecule has 1 fully saturated rings. The van der Waals surface area contributed by atoms with Crippen LogP contribution in [-0.4, -0.2) is 42.0 Å². The van der Waals surface area contributed by atoms with Crippen molar-refractivity contribution >= 4 is 0 Å². The molecule has 0 radical (unpaired) electrons. The van der Waals surface area contributed by atoms with E-state index in [1.165, 1.54) is 0 Å². The largest absolute Gasteiger partial charge is 0.373 e. The van der Waals surface area contributed by atoms with E-state index in [1.807, 2.05) is 17.8 Å². The van der Waals surface area contributed by atoms with E-state index in [0.29, 0.717) is 13.2 Å². The van der Waals surface area contributed by atoms with E-state index < -0.39 is 0 Å². The number of nitrogens with one attached hydrogen (secondary N) is 1. The molecule has 0 saturated carbocycles. The average Bonchev–Trinajstić information content (AvgIpc) is 2.66. The highest BCUT2D eigenvalue weighted by Gasteiger charge is 2.13. The SMILES string of the molecule is Cn1ccnc1COCC1CNCCO1. The normalized spacial score (nSPS) is 21.8. The Hall–Kier alpha value is -0.910. The predicted molar refractivity (Wildman–Crippen MR) is 55.5 cm³/mol. The molecule has 2 heterocycles. The van der Waals surface area contributed by atoms with Gasteiger partial charge >= 0.3 is 0 Å². The summed E-state index contributed by atoms with van der Waals surface area (Å²) in [5, 5.41) is 3.26. The molecule has 1 aromatic heterocycles. The van der Waals surface area contributed by atoms with E-state index in [4.69, 9.17) is 9.47 Å². The second-order valence-electron chi connectivity index (χ2n) is 3.67.